The molecule has 3 aliphatic rings. The molecule has 2 atom stereocenters. The van der Waals surface area contributed by atoms with Crippen molar-refractivity contribution in [3.05, 3.63) is 132 Å². The van der Waals surface area contributed by atoms with Gasteiger partial charge in [-0.05, 0) is 46.5 Å². The fourth-order valence-corrected chi connectivity index (χ4v) is 7.33. The molecule has 6 aromatic rings. The molecule has 0 amide bonds. The number of imidazole rings is 2. The van der Waals surface area contributed by atoms with E-state index >= 15 is 0 Å². The Morgan fingerprint density at radius 3 is 1.04 bits per heavy atom. The van der Waals surface area contributed by atoms with Crippen LogP contribution >= 0.6 is 0 Å². The van der Waals surface area contributed by atoms with Crippen LogP contribution in [0.3, 0.4) is 0 Å². The number of alkyl halides is 6. The van der Waals surface area contributed by atoms with Gasteiger partial charge in [-0.1, -0.05) is 72.8 Å². The standard InChI is InChI=1S/C32H28N4.2CHF3O3S/c1-33-19-35(27-17-9-7-15-25(27)33)31-29-21-11-3-5-13-23(21)30(24-14-6-4-12-22(24)29)32(31)36-20-34(2)26-16-8-10-18-28(26)36;2*2-1(3,4)8(5,6)7/h3-20,29-32H,1-2H3;2*(H,5,6,7)/q+2;;/p-2/t29?,30?,31-,32-;;/m0../s1. The molecule has 0 unspecified atom stereocenters. The molecule has 9 rings (SSSR count). The Morgan fingerprint density at radius 2 is 0.769 bits per heavy atom. The molecule has 2 aromatic heterocycles. The van der Waals surface area contributed by atoms with Crippen molar-refractivity contribution in [1.82, 2.24) is 9.13 Å². The highest BCUT2D eigenvalue weighted by Gasteiger charge is 2.56. The second kappa shape index (κ2) is 13.0. The zero-order valence-electron chi connectivity index (χ0n) is 27.0. The minimum absolute atomic E-state index is 0.238. The van der Waals surface area contributed by atoms with Crippen molar-refractivity contribution in [2.24, 2.45) is 14.1 Å². The molecule has 274 valence electrons. The molecule has 52 heavy (non-hydrogen) atoms. The molecule has 0 fully saturated rings. The Morgan fingerprint density at radius 1 is 0.519 bits per heavy atom. The number of fused-ring (bicyclic) bond motifs is 3. The van der Waals surface area contributed by atoms with E-state index in [2.05, 4.69) is 142 Å². The van der Waals surface area contributed by atoms with Crippen LogP contribution in [0.5, 0.6) is 0 Å². The monoisotopic (exact) mass is 766 g/mol. The number of hydrogen-bond donors (Lipinski definition) is 0. The van der Waals surface area contributed by atoms with E-state index in [1.165, 1.54) is 44.3 Å². The van der Waals surface area contributed by atoms with Crippen LogP contribution in [0.1, 0.15) is 46.2 Å². The van der Waals surface area contributed by atoms with E-state index in [-0.39, 0.29) is 23.9 Å². The van der Waals surface area contributed by atoms with Gasteiger partial charge in [-0.2, -0.15) is 26.3 Å². The zero-order valence-corrected chi connectivity index (χ0v) is 28.7. The average molecular weight is 767 g/mol. The van der Waals surface area contributed by atoms with Gasteiger partial charge < -0.3 is 9.11 Å². The predicted octanol–water partition coefficient (Wildman–Crippen LogP) is 5.42. The molecular weight excluding hydrogens is 739 g/mol. The molecule has 2 bridgehead atoms. The Balaban J connectivity index is 0.000000245. The molecule has 0 spiro atoms. The van der Waals surface area contributed by atoms with Gasteiger partial charge in [-0.25, -0.2) is 35.1 Å². The van der Waals surface area contributed by atoms with Crippen molar-refractivity contribution in [2.75, 3.05) is 0 Å². The van der Waals surface area contributed by atoms with Crippen LogP contribution < -0.4 is 9.13 Å². The second-order valence-corrected chi connectivity index (χ2v) is 15.0. The predicted molar refractivity (Wildman–Crippen MR) is 172 cm³/mol. The highest BCUT2D eigenvalue weighted by atomic mass is 32.2. The van der Waals surface area contributed by atoms with Gasteiger partial charge in [0.25, 0.3) is 0 Å². The van der Waals surface area contributed by atoms with Gasteiger partial charge in [0.2, 0.25) is 12.7 Å². The molecule has 0 aliphatic heterocycles. The summed E-state index contributed by atoms with van der Waals surface area (Å²) < 4.78 is 127. The fraction of sp³-hybridized carbons (Fsp3) is 0.235. The third kappa shape index (κ3) is 6.44. The number of rotatable bonds is 2. The molecule has 0 saturated carbocycles. The first-order chi connectivity index (χ1) is 24.2. The summed E-state index contributed by atoms with van der Waals surface area (Å²) in [4.78, 5) is 0. The lowest BCUT2D eigenvalue weighted by Gasteiger charge is -2.47. The quantitative estimate of drug-likeness (QED) is 0.100. The van der Waals surface area contributed by atoms with Crippen molar-refractivity contribution >= 4 is 42.3 Å². The molecule has 0 N–H and O–H groups in total. The molecular formula is C34H28F6N4O6S2. The van der Waals surface area contributed by atoms with Gasteiger partial charge in [-0.15, -0.1) is 0 Å². The summed E-state index contributed by atoms with van der Waals surface area (Å²) in [5.74, 6) is 0.546. The molecule has 2 heterocycles. The lowest BCUT2D eigenvalue weighted by atomic mass is 9.59. The zero-order chi connectivity index (χ0) is 38.0. The van der Waals surface area contributed by atoms with Crippen LogP contribution in [0.15, 0.2) is 110 Å². The van der Waals surface area contributed by atoms with Crippen molar-refractivity contribution < 1.29 is 61.4 Å². The highest BCUT2D eigenvalue weighted by Crippen LogP contribution is 2.62. The lowest BCUT2D eigenvalue weighted by molar-refractivity contribution is -0.646. The van der Waals surface area contributed by atoms with Crippen LogP contribution in [0.25, 0.3) is 22.1 Å². The summed E-state index contributed by atoms with van der Waals surface area (Å²) >= 11 is 0. The summed E-state index contributed by atoms with van der Waals surface area (Å²) in [7, 11) is -7.84. The SMILES string of the molecule is C[n+]1cn([C@H]2C3c4ccccc4C(c4ccccc43)[C@@H]2n2c[n+](C)c3ccccc32)c2ccccc21.O=S(=O)([O-])C(F)(F)F.O=S(=O)([O-])C(F)(F)F. The van der Waals surface area contributed by atoms with Gasteiger partial charge in [0.05, 0.1) is 25.9 Å². The van der Waals surface area contributed by atoms with Gasteiger partial charge in [0.1, 0.15) is 0 Å². The number of halogens is 6. The van der Waals surface area contributed by atoms with Crippen LogP contribution in [-0.2, 0) is 34.3 Å². The summed E-state index contributed by atoms with van der Waals surface area (Å²) in [6.07, 6.45) is 4.64. The van der Waals surface area contributed by atoms with E-state index in [9.17, 15) is 26.3 Å². The summed E-state index contributed by atoms with van der Waals surface area (Å²) in [6, 6.07) is 36.4. The minimum Gasteiger partial charge on any atom is -0.741 e. The maximum atomic E-state index is 10.7. The minimum atomic E-state index is -6.09. The third-order valence-corrected chi connectivity index (χ3v) is 10.4. The largest absolute Gasteiger partial charge is 0.741 e. The summed E-state index contributed by atoms with van der Waals surface area (Å²) in [5, 5.41) is 0. The van der Waals surface area contributed by atoms with Gasteiger partial charge in [-0.3, -0.25) is 0 Å². The maximum absolute atomic E-state index is 10.7. The van der Waals surface area contributed by atoms with Crippen LogP contribution in [0, 0.1) is 0 Å². The molecule has 0 radical (unpaired) electrons. The van der Waals surface area contributed by atoms with E-state index in [4.69, 9.17) is 25.9 Å². The first-order valence-corrected chi connectivity index (χ1v) is 18.2. The van der Waals surface area contributed by atoms with Crippen molar-refractivity contribution in [2.45, 2.75) is 34.9 Å². The Hall–Kier alpha value is -4.78. The molecule has 18 heteroatoms. The lowest BCUT2D eigenvalue weighted by Crippen LogP contribution is -2.43. The van der Waals surface area contributed by atoms with E-state index in [0.717, 1.165) is 0 Å². The first kappa shape index (κ1) is 37.0. The smallest absolute Gasteiger partial charge is 0.485 e. The summed E-state index contributed by atoms with van der Waals surface area (Å²) in [6.45, 7) is 0. The van der Waals surface area contributed by atoms with E-state index < -0.39 is 31.3 Å². The molecule has 0 saturated heterocycles. The van der Waals surface area contributed by atoms with E-state index in [1.54, 1.807) is 0 Å². The fourth-order valence-electron chi connectivity index (χ4n) is 7.33. The normalized spacial score (nSPS) is 19.7. The Labute approximate surface area is 293 Å². The topological polar surface area (TPSA) is 132 Å². The van der Waals surface area contributed by atoms with Gasteiger partial charge in [0.15, 0.2) is 54.4 Å². The maximum Gasteiger partial charge on any atom is 0.485 e. The van der Waals surface area contributed by atoms with Gasteiger partial charge in [0, 0.05) is 0 Å². The van der Waals surface area contributed by atoms with Gasteiger partial charge >= 0.3 is 11.0 Å². The highest BCUT2D eigenvalue weighted by molar-refractivity contribution is 7.86. The second-order valence-electron chi connectivity index (χ2n) is 12.2. The number of benzene rings is 4. The number of hydrogen-bond acceptors (Lipinski definition) is 6. The first-order valence-electron chi connectivity index (χ1n) is 15.3. The van der Waals surface area contributed by atoms with Crippen LogP contribution in [-0.4, -0.2) is 46.1 Å². The van der Waals surface area contributed by atoms with Crippen molar-refractivity contribution in [3.8, 4) is 0 Å². The molecule has 3 aliphatic carbocycles. The summed E-state index contributed by atoms with van der Waals surface area (Å²) in [5.41, 5.74) is -0.277. The number of aromatic nitrogens is 4. The van der Waals surface area contributed by atoms with Crippen LogP contribution in [0.2, 0.25) is 0 Å². The molecule has 10 nitrogen and oxygen atoms in total. The van der Waals surface area contributed by atoms with E-state index in [0.29, 0.717) is 0 Å². The number of aryl methyl sites for hydroxylation is 2. The number of para-hydroxylation sites is 4. The average Bonchev–Trinajstić information content (AvgIpc) is 3.59. The van der Waals surface area contributed by atoms with Crippen LogP contribution in [0.4, 0.5) is 26.3 Å². The number of nitrogens with zero attached hydrogens (tertiary/aromatic N) is 4. The Kier molecular flexibility index (Phi) is 9.26. The van der Waals surface area contributed by atoms with Crippen molar-refractivity contribution in [1.29, 1.82) is 0 Å². The van der Waals surface area contributed by atoms with Crippen molar-refractivity contribution in [3.63, 3.8) is 0 Å². The molecule has 4 aromatic carbocycles. The Bertz CT molecular complexity index is 2310. The van der Waals surface area contributed by atoms with E-state index in [1.807, 2.05) is 0 Å². The third-order valence-electron chi connectivity index (χ3n) is 9.25.